The van der Waals surface area contributed by atoms with E-state index in [0.717, 1.165) is 41.3 Å². The number of hydrogen-bond donors (Lipinski definition) is 2. The van der Waals surface area contributed by atoms with Gasteiger partial charge in [0.05, 0.1) is 16.1 Å². The van der Waals surface area contributed by atoms with Crippen molar-refractivity contribution in [2.75, 3.05) is 17.7 Å². The van der Waals surface area contributed by atoms with E-state index in [2.05, 4.69) is 53.3 Å². The third-order valence-corrected chi connectivity index (χ3v) is 7.18. The Labute approximate surface area is 218 Å². The molecule has 8 nitrogen and oxygen atoms in total. The molecule has 2 N–H and O–H groups in total. The fourth-order valence-corrected chi connectivity index (χ4v) is 5.25. The summed E-state index contributed by atoms with van der Waals surface area (Å²) >= 11 is 1.71. The zero-order valence-corrected chi connectivity index (χ0v) is 21.1. The highest BCUT2D eigenvalue weighted by atomic mass is 32.1. The zero-order valence-electron chi connectivity index (χ0n) is 20.3. The Hall–Kier alpha value is -4.37. The number of hydrogen-bond acceptors (Lipinski definition) is 9. The van der Waals surface area contributed by atoms with Crippen LogP contribution in [0.4, 0.5) is 17.5 Å². The SMILES string of the molecule is CNc1nccc(-c2cccnc2Oc2ccc(Nc3nnc(-c4cccs4)c4c3CCCC4)cc2)n1. The smallest absolute Gasteiger partial charge is 0.228 e. The van der Waals surface area contributed by atoms with Crippen molar-refractivity contribution >= 4 is 28.8 Å². The van der Waals surface area contributed by atoms with Crippen molar-refractivity contribution in [3.63, 3.8) is 0 Å². The van der Waals surface area contributed by atoms with E-state index in [4.69, 9.17) is 4.74 Å². The van der Waals surface area contributed by atoms with Crippen molar-refractivity contribution in [3.8, 4) is 33.5 Å². The van der Waals surface area contributed by atoms with Crippen LogP contribution in [0.2, 0.25) is 0 Å². The molecule has 4 heterocycles. The van der Waals surface area contributed by atoms with Crippen LogP contribution in [0, 0.1) is 0 Å². The van der Waals surface area contributed by atoms with E-state index >= 15 is 0 Å². The molecule has 0 amide bonds. The summed E-state index contributed by atoms with van der Waals surface area (Å²) in [5, 5.41) is 17.7. The first-order chi connectivity index (χ1) is 18.3. The fraction of sp³-hybridized carbons (Fsp3) is 0.179. The van der Waals surface area contributed by atoms with Gasteiger partial charge in [0.1, 0.15) is 11.4 Å². The van der Waals surface area contributed by atoms with Crippen molar-refractivity contribution in [1.29, 1.82) is 0 Å². The van der Waals surface area contributed by atoms with Gasteiger partial charge >= 0.3 is 0 Å². The first-order valence-electron chi connectivity index (χ1n) is 12.2. The van der Waals surface area contributed by atoms with Crippen molar-refractivity contribution < 1.29 is 4.74 Å². The second kappa shape index (κ2) is 10.3. The van der Waals surface area contributed by atoms with Gasteiger partial charge in [-0.2, -0.15) is 0 Å². The summed E-state index contributed by atoms with van der Waals surface area (Å²) in [6.07, 6.45) is 7.81. The molecule has 4 aromatic heterocycles. The van der Waals surface area contributed by atoms with Crippen LogP contribution in [-0.2, 0) is 12.8 Å². The second-order valence-electron chi connectivity index (χ2n) is 8.66. The number of anilines is 3. The first kappa shape index (κ1) is 23.1. The Bertz CT molecular complexity index is 1520. The van der Waals surface area contributed by atoms with Gasteiger partial charge < -0.3 is 15.4 Å². The van der Waals surface area contributed by atoms with Crippen LogP contribution in [0.3, 0.4) is 0 Å². The average Bonchev–Trinajstić information content (AvgIpc) is 3.49. The van der Waals surface area contributed by atoms with Crippen molar-refractivity contribution in [1.82, 2.24) is 25.1 Å². The number of fused-ring (bicyclic) bond motifs is 1. The lowest BCUT2D eigenvalue weighted by molar-refractivity contribution is 0.465. The number of benzene rings is 1. The first-order valence-corrected chi connectivity index (χ1v) is 13.1. The van der Waals surface area contributed by atoms with E-state index in [1.54, 1.807) is 30.8 Å². The van der Waals surface area contributed by atoms with Crippen LogP contribution >= 0.6 is 11.3 Å². The number of rotatable bonds is 7. The van der Waals surface area contributed by atoms with Gasteiger partial charge in [-0.05, 0) is 85.2 Å². The summed E-state index contributed by atoms with van der Waals surface area (Å²) in [6, 6.07) is 17.6. The minimum Gasteiger partial charge on any atom is -0.438 e. The van der Waals surface area contributed by atoms with Crippen LogP contribution in [0.1, 0.15) is 24.0 Å². The van der Waals surface area contributed by atoms with Gasteiger partial charge in [-0.15, -0.1) is 21.5 Å². The number of thiophene rings is 1. The van der Waals surface area contributed by atoms with Crippen LogP contribution in [0.5, 0.6) is 11.6 Å². The van der Waals surface area contributed by atoms with Crippen molar-refractivity contribution in [2.24, 2.45) is 0 Å². The second-order valence-corrected chi connectivity index (χ2v) is 9.61. The molecular formula is C28H25N7OS. The van der Waals surface area contributed by atoms with E-state index in [0.29, 0.717) is 17.6 Å². The Kier molecular flexibility index (Phi) is 6.43. The predicted octanol–water partition coefficient (Wildman–Crippen LogP) is 6.51. The largest absolute Gasteiger partial charge is 0.438 e. The molecule has 5 aromatic rings. The summed E-state index contributed by atoms with van der Waals surface area (Å²) in [7, 11) is 1.79. The molecule has 6 rings (SSSR count). The number of nitrogens with zero attached hydrogens (tertiary/aromatic N) is 5. The molecule has 0 atom stereocenters. The summed E-state index contributed by atoms with van der Waals surface area (Å²) in [4.78, 5) is 14.3. The molecule has 184 valence electrons. The zero-order chi connectivity index (χ0) is 25.0. The molecule has 1 aliphatic rings. The summed E-state index contributed by atoms with van der Waals surface area (Å²) in [5.74, 6) is 2.53. The number of aromatic nitrogens is 5. The minimum atomic E-state index is 0.480. The maximum Gasteiger partial charge on any atom is 0.228 e. The maximum atomic E-state index is 6.14. The number of ether oxygens (including phenoxy) is 1. The lowest BCUT2D eigenvalue weighted by Gasteiger charge is -2.21. The topological polar surface area (TPSA) is 97.7 Å². The van der Waals surface area contributed by atoms with Crippen LogP contribution in [0.15, 0.2) is 72.4 Å². The lowest BCUT2D eigenvalue weighted by Crippen LogP contribution is -2.11. The third-order valence-electron chi connectivity index (χ3n) is 6.30. The molecule has 0 fully saturated rings. The van der Waals surface area contributed by atoms with Gasteiger partial charge in [-0.25, -0.2) is 15.0 Å². The number of pyridine rings is 1. The number of nitrogens with one attached hydrogen (secondary N) is 2. The molecule has 0 bridgehead atoms. The normalized spacial score (nSPS) is 12.6. The summed E-state index contributed by atoms with van der Waals surface area (Å²) in [5.41, 5.74) is 6.06. The van der Waals surface area contributed by atoms with Crippen LogP contribution in [-0.4, -0.2) is 32.2 Å². The highest BCUT2D eigenvalue weighted by Crippen LogP contribution is 2.36. The van der Waals surface area contributed by atoms with E-state index < -0.39 is 0 Å². The highest BCUT2D eigenvalue weighted by Gasteiger charge is 2.21. The molecule has 0 spiro atoms. The van der Waals surface area contributed by atoms with Gasteiger partial charge in [0.25, 0.3) is 0 Å². The van der Waals surface area contributed by atoms with Crippen molar-refractivity contribution in [2.45, 2.75) is 25.7 Å². The van der Waals surface area contributed by atoms with E-state index in [1.165, 1.54) is 28.8 Å². The van der Waals surface area contributed by atoms with Gasteiger partial charge in [-0.3, -0.25) is 0 Å². The van der Waals surface area contributed by atoms with Gasteiger partial charge in [0.15, 0.2) is 5.82 Å². The molecule has 0 aliphatic heterocycles. The molecule has 9 heteroatoms. The molecule has 0 unspecified atom stereocenters. The van der Waals surface area contributed by atoms with Crippen LogP contribution in [0.25, 0.3) is 21.8 Å². The lowest BCUT2D eigenvalue weighted by atomic mass is 9.90. The third kappa shape index (κ3) is 4.85. The van der Waals surface area contributed by atoms with Gasteiger partial charge in [0, 0.05) is 30.7 Å². The van der Waals surface area contributed by atoms with E-state index in [1.807, 2.05) is 42.5 Å². The molecule has 0 saturated heterocycles. The van der Waals surface area contributed by atoms with Gasteiger partial charge in [0.2, 0.25) is 11.8 Å². The molecule has 37 heavy (non-hydrogen) atoms. The maximum absolute atomic E-state index is 6.14. The summed E-state index contributed by atoms with van der Waals surface area (Å²) in [6.45, 7) is 0. The monoisotopic (exact) mass is 507 g/mol. The minimum absolute atomic E-state index is 0.480. The average molecular weight is 508 g/mol. The molecule has 0 saturated carbocycles. The quantitative estimate of drug-likeness (QED) is 0.257. The molecule has 1 aromatic carbocycles. The highest BCUT2D eigenvalue weighted by molar-refractivity contribution is 7.13. The Morgan fingerprint density at radius 2 is 1.73 bits per heavy atom. The van der Waals surface area contributed by atoms with Gasteiger partial charge in [-0.1, -0.05) is 6.07 Å². The Balaban J connectivity index is 1.23. The molecule has 1 aliphatic carbocycles. The Morgan fingerprint density at radius 3 is 2.54 bits per heavy atom. The standard InChI is InChI=1S/C28H25N7OS/c1-29-28-31-16-14-23(33-28)22-8-4-15-30-27(22)36-19-12-10-18(11-13-19)32-26-21-7-3-2-6-20(21)25(34-35-26)24-9-5-17-37-24/h4-5,8-17H,2-3,6-7H2,1H3,(H,32,35)(H,29,31,33). The van der Waals surface area contributed by atoms with E-state index in [-0.39, 0.29) is 0 Å². The molecular weight excluding hydrogens is 482 g/mol. The predicted molar refractivity (Wildman–Crippen MR) is 147 cm³/mol. The van der Waals surface area contributed by atoms with E-state index in [9.17, 15) is 0 Å². The fourth-order valence-electron chi connectivity index (χ4n) is 4.51. The molecule has 0 radical (unpaired) electrons. The Morgan fingerprint density at radius 1 is 0.865 bits per heavy atom. The van der Waals surface area contributed by atoms with Crippen LogP contribution < -0.4 is 15.4 Å². The summed E-state index contributed by atoms with van der Waals surface area (Å²) < 4.78 is 6.14. The van der Waals surface area contributed by atoms with Crippen molar-refractivity contribution in [3.05, 3.63) is 83.5 Å².